The van der Waals surface area contributed by atoms with Crippen molar-refractivity contribution in [1.29, 1.82) is 0 Å². The van der Waals surface area contributed by atoms with Crippen LogP contribution in [0.4, 0.5) is 4.39 Å². The van der Waals surface area contributed by atoms with Gasteiger partial charge in [0.25, 0.3) is 5.91 Å². The van der Waals surface area contributed by atoms with Crippen molar-refractivity contribution in [3.8, 4) is 0 Å². The van der Waals surface area contributed by atoms with Gasteiger partial charge in [0.15, 0.2) is 0 Å². The van der Waals surface area contributed by atoms with Gasteiger partial charge in [-0.05, 0) is 55.2 Å². The smallest absolute Gasteiger partial charge is 0.270 e. The molecule has 154 valence electrons. The summed E-state index contributed by atoms with van der Waals surface area (Å²) in [6.45, 7) is 5.88. The van der Waals surface area contributed by atoms with Crippen molar-refractivity contribution >= 4 is 35.2 Å². The first-order valence-electron chi connectivity index (χ1n) is 9.83. The van der Waals surface area contributed by atoms with Gasteiger partial charge >= 0.3 is 0 Å². The molecule has 0 aliphatic carbocycles. The molecule has 0 radical (unpaired) electrons. The average Bonchev–Trinajstić information content (AvgIpc) is 2.79. The van der Waals surface area contributed by atoms with E-state index in [1.807, 2.05) is 4.90 Å². The number of rotatable bonds is 3. The number of piperidine rings is 1. The molecule has 0 saturated carbocycles. The molecule has 1 amide bonds. The monoisotopic (exact) mass is 426 g/mol. The van der Waals surface area contributed by atoms with Crippen molar-refractivity contribution in [2.75, 3.05) is 39.0 Å². The maximum absolute atomic E-state index is 13.6. The Hall–Kier alpha value is -1.31. The molecule has 1 unspecified atom stereocenters. The summed E-state index contributed by atoms with van der Waals surface area (Å²) in [7, 11) is 0. The van der Waals surface area contributed by atoms with Crippen LogP contribution in [0.25, 0.3) is 0 Å². The minimum atomic E-state index is -0.268. The number of halogens is 2. The number of carbonyl (C=O) groups is 1. The van der Waals surface area contributed by atoms with Crippen molar-refractivity contribution in [3.63, 3.8) is 0 Å². The number of carbonyl (C=O) groups excluding carboxylic acids is 1. The molecule has 0 spiro atoms. The van der Waals surface area contributed by atoms with Gasteiger partial charge in [0.2, 0.25) is 0 Å². The molecule has 1 atom stereocenters. The van der Waals surface area contributed by atoms with E-state index in [-0.39, 0.29) is 23.6 Å². The number of hydrogen-bond donors (Lipinski definition) is 1. The van der Waals surface area contributed by atoms with Crippen LogP contribution in [0.2, 0.25) is 5.02 Å². The van der Waals surface area contributed by atoms with E-state index in [1.54, 1.807) is 18.0 Å². The van der Waals surface area contributed by atoms with Crippen molar-refractivity contribution < 1.29 is 9.18 Å². The summed E-state index contributed by atoms with van der Waals surface area (Å²) < 4.78 is 15.9. The Morgan fingerprint density at radius 1 is 1.32 bits per heavy atom. The van der Waals surface area contributed by atoms with Crippen LogP contribution in [0, 0.1) is 11.7 Å². The zero-order valence-electron chi connectivity index (χ0n) is 16.5. The van der Waals surface area contributed by atoms with Crippen molar-refractivity contribution in [3.05, 3.63) is 34.6 Å². The fourth-order valence-electron chi connectivity index (χ4n) is 3.88. The lowest BCUT2D eigenvalue weighted by Crippen LogP contribution is -2.45. The van der Waals surface area contributed by atoms with Crippen LogP contribution in [-0.4, -0.2) is 59.8 Å². The lowest BCUT2D eigenvalue weighted by molar-refractivity contribution is -0.125. The van der Waals surface area contributed by atoms with Crippen LogP contribution in [0.3, 0.4) is 0 Å². The summed E-state index contributed by atoms with van der Waals surface area (Å²) >= 11 is 7.98. The second-order valence-corrected chi connectivity index (χ2v) is 8.75. The summed E-state index contributed by atoms with van der Waals surface area (Å²) in [5, 5.41) is 5.04. The van der Waals surface area contributed by atoms with Gasteiger partial charge in [-0.15, -0.1) is 0 Å². The molecule has 8 heteroatoms. The summed E-state index contributed by atoms with van der Waals surface area (Å²) in [5.41, 5.74) is 4.51. The van der Waals surface area contributed by atoms with Gasteiger partial charge in [-0.3, -0.25) is 9.10 Å². The lowest BCUT2D eigenvalue weighted by Gasteiger charge is -2.33. The second-order valence-electron chi connectivity index (χ2n) is 7.46. The number of nitrogens with one attached hydrogen (secondary N) is 1. The van der Waals surface area contributed by atoms with Crippen LogP contribution < -0.4 is 5.43 Å². The maximum Gasteiger partial charge on any atom is 0.270 e. The summed E-state index contributed by atoms with van der Waals surface area (Å²) in [6, 6.07) is 4.52. The molecular weight excluding hydrogens is 399 g/mol. The van der Waals surface area contributed by atoms with Gasteiger partial charge < -0.3 is 10.3 Å². The highest BCUT2D eigenvalue weighted by atomic mass is 35.5. The second kappa shape index (κ2) is 9.94. The number of likely N-dealkylation sites (tertiary alicyclic amines) is 1. The van der Waals surface area contributed by atoms with Crippen molar-refractivity contribution in [1.82, 2.24) is 14.6 Å². The summed E-state index contributed by atoms with van der Waals surface area (Å²) in [6.07, 6.45) is 4.62. The molecule has 1 saturated heterocycles. The van der Waals surface area contributed by atoms with Gasteiger partial charge in [-0.1, -0.05) is 30.5 Å². The molecule has 1 N–H and O–H groups in total. The number of nitrogens with zero attached hydrogens (tertiary/aromatic N) is 3. The minimum Gasteiger partial charge on any atom is -0.337 e. The topological polar surface area (TPSA) is 47.9 Å². The van der Waals surface area contributed by atoms with Crippen molar-refractivity contribution in [2.24, 2.45) is 11.0 Å². The number of hydrazone groups is 1. The molecule has 1 fully saturated rings. The van der Waals surface area contributed by atoms with E-state index in [0.717, 1.165) is 44.5 Å². The highest BCUT2D eigenvalue weighted by Crippen LogP contribution is 2.33. The fourth-order valence-corrected chi connectivity index (χ4v) is 4.83. The third kappa shape index (κ3) is 5.19. The normalized spacial score (nSPS) is 24.5. The number of amides is 1. The van der Waals surface area contributed by atoms with Crippen LogP contribution in [0.5, 0.6) is 0 Å². The molecule has 3 rings (SSSR count). The molecule has 2 heterocycles. The first kappa shape index (κ1) is 21.4. The predicted molar refractivity (Wildman–Crippen MR) is 114 cm³/mol. The van der Waals surface area contributed by atoms with E-state index < -0.39 is 0 Å². The SMILES string of the molecule is CSN1CCCN/N=C(/C(=O)N2CCC(c3cc(F)ccc3Cl)CC2)C(C)C1. The highest BCUT2D eigenvalue weighted by Gasteiger charge is 2.30. The molecule has 1 aromatic carbocycles. The maximum atomic E-state index is 13.6. The number of benzene rings is 1. The van der Waals surface area contributed by atoms with Crippen molar-refractivity contribution in [2.45, 2.75) is 32.1 Å². The van der Waals surface area contributed by atoms with E-state index >= 15 is 0 Å². The van der Waals surface area contributed by atoms with E-state index in [1.165, 1.54) is 12.1 Å². The van der Waals surface area contributed by atoms with Gasteiger partial charge in [-0.2, -0.15) is 5.10 Å². The Balaban J connectivity index is 1.65. The van der Waals surface area contributed by atoms with Crippen LogP contribution >= 0.6 is 23.5 Å². The van der Waals surface area contributed by atoms with Gasteiger partial charge in [0.05, 0.1) is 0 Å². The first-order chi connectivity index (χ1) is 13.5. The lowest BCUT2D eigenvalue weighted by atomic mass is 9.89. The fraction of sp³-hybridized carbons (Fsp3) is 0.600. The van der Waals surface area contributed by atoms with Crippen LogP contribution in [0.15, 0.2) is 23.3 Å². The molecule has 5 nitrogen and oxygen atoms in total. The standard InChI is InChI=1S/C20H28ClFN4OS/c1-14-13-26(28-2)9-3-8-23-24-19(14)20(27)25-10-6-15(7-11-25)17-12-16(22)4-5-18(17)21/h4-5,12,14-15,23H,3,6-11,13H2,1-2H3/b24-19+. The third-order valence-electron chi connectivity index (χ3n) is 5.50. The molecule has 2 aliphatic heterocycles. The Morgan fingerprint density at radius 2 is 2.07 bits per heavy atom. The molecule has 0 bridgehead atoms. The zero-order valence-corrected chi connectivity index (χ0v) is 18.0. The Morgan fingerprint density at radius 3 is 2.79 bits per heavy atom. The number of hydrogen-bond acceptors (Lipinski definition) is 5. The zero-order chi connectivity index (χ0) is 20.1. The van der Waals surface area contributed by atoms with E-state index in [2.05, 4.69) is 28.0 Å². The van der Waals surface area contributed by atoms with Gasteiger partial charge in [0.1, 0.15) is 11.5 Å². The molecule has 0 aromatic heterocycles. The quantitative estimate of drug-likeness (QED) is 0.748. The van der Waals surface area contributed by atoms with E-state index in [9.17, 15) is 9.18 Å². The predicted octanol–water partition coefficient (Wildman–Crippen LogP) is 3.75. The molecular formula is C20H28ClFN4OS. The molecule has 2 aliphatic rings. The van der Waals surface area contributed by atoms with Gasteiger partial charge in [0, 0.05) is 43.7 Å². The largest absolute Gasteiger partial charge is 0.337 e. The molecule has 28 heavy (non-hydrogen) atoms. The highest BCUT2D eigenvalue weighted by molar-refractivity contribution is 7.96. The molecule has 1 aromatic rings. The Bertz CT molecular complexity index is 724. The summed E-state index contributed by atoms with van der Waals surface area (Å²) in [4.78, 5) is 15.0. The van der Waals surface area contributed by atoms with E-state index in [4.69, 9.17) is 11.6 Å². The third-order valence-corrected chi connectivity index (χ3v) is 6.69. The first-order valence-corrected chi connectivity index (χ1v) is 11.4. The van der Waals surface area contributed by atoms with Crippen LogP contribution in [0.1, 0.15) is 37.7 Å². The van der Waals surface area contributed by atoms with Gasteiger partial charge in [-0.25, -0.2) is 4.39 Å². The minimum absolute atomic E-state index is 0.00624. The van der Waals surface area contributed by atoms with Crippen LogP contribution in [-0.2, 0) is 4.79 Å². The summed E-state index contributed by atoms with van der Waals surface area (Å²) in [5.74, 6) is -0.0268. The average molecular weight is 427 g/mol. The van der Waals surface area contributed by atoms with E-state index in [0.29, 0.717) is 23.8 Å². The Labute approximate surface area is 175 Å². The Kier molecular flexibility index (Phi) is 7.60.